The van der Waals surface area contributed by atoms with Crippen LogP contribution < -0.4 is 4.57 Å². The van der Waals surface area contributed by atoms with Gasteiger partial charge in [0, 0.05) is 36.6 Å². The summed E-state index contributed by atoms with van der Waals surface area (Å²) in [4.78, 5) is 4.71. The SMILES string of the molecule is Cc1ccc(-c2cccc(-c3cn4c(C)c(C)nc4n3C)[n+]2C)c(C)c1. The molecule has 3 heterocycles. The molecule has 0 unspecified atom stereocenters. The van der Waals surface area contributed by atoms with Crippen LogP contribution in [0.1, 0.15) is 22.5 Å². The van der Waals surface area contributed by atoms with Crippen molar-refractivity contribution in [3.8, 4) is 22.6 Å². The molecule has 0 aliphatic heterocycles. The van der Waals surface area contributed by atoms with Crippen molar-refractivity contribution >= 4 is 5.78 Å². The average Bonchev–Trinajstić information content (AvgIpc) is 3.06. The molecule has 0 N–H and O–H groups in total. The molecule has 0 aliphatic carbocycles. The highest BCUT2D eigenvalue weighted by molar-refractivity contribution is 5.64. The van der Waals surface area contributed by atoms with Crippen LogP contribution in [0.25, 0.3) is 28.4 Å². The molecule has 132 valence electrons. The Kier molecular flexibility index (Phi) is 3.72. The number of fused-ring (bicyclic) bond motifs is 1. The number of pyridine rings is 1. The van der Waals surface area contributed by atoms with Crippen LogP contribution in [0.5, 0.6) is 0 Å². The van der Waals surface area contributed by atoms with E-state index in [1.165, 1.54) is 33.8 Å². The lowest BCUT2D eigenvalue weighted by atomic mass is 10.0. The van der Waals surface area contributed by atoms with Crippen molar-refractivity contribution in [1.29, 1.82) is 0 Å². The average molecular weight is 345 g/mol. The van der Waals surface area contributed by atoms with Gasteiger partial charge in [0.15, 0.2) is 0 Å². The Morgan fingerprint density at radius 2 is 1.69 bits per heavy atom. The number of imidazole rings is 2. The van der Waals surface area contributed by atoms with Crippen LogP contribution >= 0.6 is 0 Å². The first-order valence-electron chi connectivity index (χ1n) is 8.96. The van der Waals surface area contributed by atoms with Crippen LogP contribution in [0, 0.1) is 27.7 Å². The van der Waals surface area contributed by atoms with Crippen LogP contribution in [-0.2, 0) is 14.1 Å². The summed E-state index contributed by atoms with van der Waals surface area (Å²) in [5.41, 5.74) is 9.67. The Morgan fingerprint density at radius 1 is 0.962 bits per heavy atom. The van der Waals surface area contributed by atoms with E-state index >= 15 is 0 Å². The highest BCUT2D eigenvalue weighted by atomic mass is 15.2. The molecule has 0 aliphatic rings. The number of rotatable bonds is 2. The minimum atomic E-state index is 0.979. The quantitative estimate of drug-likeness (QED) is 0.503. The van der Waals surface area contributed by atoms with Gasteiger partial charge in [-0.15, -0.1) is 0 Å². The Hall–Kier alpha value is -2.88. The van der Waals surface area contributed by atoms with E-state index < -0.39 is 0 Å². The van der Waals surface area contributed by atoms with Crippen molar-refractivity contribution in [2.24, 2.45) is 14.1 Å². The third kappa shape index (κ3) is 2.37. The maximum Gasteiger partial charge on any atom is 0.231 e. The van der Waals surface area contributed by atoms with Gasteiger partial charge in [-0.3, -0.25) is 4.40 Å². The number of hydrogen-bond donors (Lipinski definition) is 0. The molecule has 1 aromatic carbocycles. The zero-order chi connectivity index (χ0) is 18.6. The molecule has 0 amide bonds. The number of benzene rings is 1. The first-order chi connectivity index (χ1) is 12.4. The van der Waals surface area contributed by atoms with Gasteiger partial charge in [0.2, 0.25) is 17.2 Å². The molecule has 26 heavy (non-hydrogen) atoms. The lowest BCUT2D eigenvalue weighted by Crippen LogP contribution is -2.34. The number of aryl methyl sites for hydroxylation is 5. The molecule has 0 saturated heterocycles. The molecular formula is C22H25N4+. The van der Waals surface area contributed by atoms with E-state index in [-0.39, 0.29) is 0 Å². The largest absolute Gasteiger partial charge is 0.308 e. The smallest absolute Gasteiger partial charge is 0.231 e. The first kappa shape index (κ1) is 16.6. The van der Waals surface area contributed by atoms with E-state index in [1.807, 2.05) is 0 Å². The molecule has 0 saturated carbocycles. The summed E-state index contributed by atoms with van der Waals surface area (Å²) in [7, 11) is 4.22. The Labute approximate surface area is 154 Å². The fourth-order valence-corrected chi connectivity index (χ4v) is 3.77. The molecule has 0 bridgehead atoms. The second-order valence-electron chi connectivity index (χ2n) is 7.20. The van der Waals surface area contributed by atoms with E-state index in [9.17, 15) is 0 Å². The van der Waals surface area contributed by atoms with Gasteiger partial charge in [0.05, 0.1) is 5.69 Å². The van der Waals surface area contributed by atoms with Gasteiger partial charge in [0.1, 0.15) is 12.7 Å². The summed E-state index contributed by atoms with van der Waals surface area (Å²) in [5, 5.41) is 0. The fourth-order valence-electron chi connectivity index (χ4n) is 3.77. The molecule has 4 heteroatoms. The Balaban J connectivity index is 1.93. The van der Waals surface area contributed by atoms with E-state index in [2.05, 4.69) is 97.9 Å². The number of hydrogen-bond acceptors (Lipinski definition) is 1. The van der Waals surface area contributed by atoms with Crippen LogP contribution in [0.2, 0.25) is 0 Å². The second kappa shape index (κ2) is 5.84. The van der Waals surface area contributed by atoms with Gasteiger partial charge in [-0.2, -0.15) is 4.57 Å². The van der Waals surface area contributed by atoms with Crippen LogP contribution in [0.3, 0.4) is 0 Å². The van der Waals surface area contributed by atoms with Gasteiger partial charge in [-0.25, -0.2) is 4.98 Å². The normalized spacial score (nSPS) is 11.5. The topological polar surface area (TPSA) is 26.1 Å². The highest BCUT2D eigenvalue weighted by Crippen LogP contribution is 2.26. The zero-order valence-electron chi connectivity index (χ0n) is 16.3. The predicted molar refractivity (Wildman–Crippen MR) is 105 cm³/mol. The van der Waals surface area contributed by atoms with Crippen LogP contribution in [-0.4, -0.2) is 14.0 Å². The summed E-state index contributed by atoms with van der Waals surface area (Å²) in [5.74, 6) is 0.979. The molecule has 4 rings (SSSR count). The molecule has 0 spiro atoms. The third-order valence-corrected chi connectivity index (χ3v) is 5.43. The van der Waals surface area contributed by atoms with Gasteiger partial charge in [0.25, 0.3) is 0 Å². The standard InChI is InChI=1S/C22H25N4/c1-14-10-11-18(15(2)12-14)19-8-7-9-20(24(19)5)21-13-26-17(4)16(3)23-22(26)25(21)6/h7-13H,1-6H3/q+1. The predicted octanol–water partition coefficient (Wildman–Crippen LogP) is 4.06. The van der Waals surface area contributed by atoms with E-state index in [1.54, 1.807) is 0 Å². The molecule has 0 atom stereocenters. The lowest BCUT2D eigenvalue weighted by molar-refractivity contribution is -0.649. The first-order valence-corrected chi connectivity index (χ1v) is 8.96. The zero-order valence-corrected chi connectivity index (χ0v) is 16.3. The molecule has 3 aromatic heterocycles. The maximum absolute atomic E-state index is 4.71. The monoisotopic (exact) mass is 345 g/mol. The summed E-state index contributed by atoms with van der Waals surface area (Å²) in [6, 6.07) is 13.1. The molecule has 0 fully saturated rings. The van der Waals surface area contributed by atoms with Crippen molar-refractivity contribution in [2.75, 3.05) is 0 Å². The van der Waals surface area contributed by atoms with Crippen molar-refractivity contribution in [3.05, 3.63) is 65.1 Å². The highest BCUT2D eigenvalue weighted by Gasteiger charge is 2.22. The molecule has 4 aromatic rings. The third-order valence-electron chi connectivity index (χ3n) is 5.43. The van der Waals surface area contributed by atoms with Crippen molar-refractivity contribution in [2.45, 2.75) is 27.7 Å². The van der Waals surface area contributed by atoms with Gasteiger partial charge in [-0.1, -0.05) is 17.7 Å². The summed E-state index contributed by atoms with van der Waals surface area (Å²) in [6.07, 6.45) is 2.19. The molecule has 0 radical (unpaired) electrons. The summed E-state index contributed by atoms with van der Waals surface area (Å²) in [6.45, 7) is 8.49. The molecule has 4 nitrogen and oxygen atoms in total. The summed E-state index contributed by atoms with van der Waals surface area (Å²) < 4.78 is 6.62. The minimum Gasteiger partial charge on any atom is -0.308 e. The van der Waals surface area contributed by atoms with Gasteiger partial charge < -0.3 is 4.57 Å². The second-order valence-corrected chi connectivity index (χ2v) is 7.20. The minimum absolute atomic E-state index is 0.979. The Bertz CT molecular complexity index is 1140. The van der Waals surface area contributed by atoms with E-state index in [4.69, 9.17) is 4.98 Å². The van der Waals surface area contributed by atoms with Crippen LogP contribution in [0.15, 0.2) is 42.6 Å². The number of aromatic nitrogens is 4. The van der Waals surface area contributed by atoms with Crippen LogP contribution in [0.4, 0.5) is 0 Å². The van der Waals surface area contributed by atoms with Gasteiger partial charge in [-0.05, 0) is 45.4 Å². The summed E-state index contributed by atoms with van der Waals surface area (Å²) >= 11 is 0. The van der Waals surface area contributed by atoms with Crippen molar-refractivity contribution < 1.29 is 4.57 Å². The fraction of sp³-hybridized carbons (Fsp3) is 0.273. The lowest BCUT2D eigenvalue weighted by Gasteiger charge is -2.08. The van der Waals surface area contributed by atoms with Gasteiger partial charge >= 0.3 is 0 Å². The maximum atomic E-state index is 4.71. The molecular weight excluding hydrogens is 320 g/mol. The van der Waals surface area contributed by atoms with Crippen molar-refractivity contribution in [1.82, 2.24) is 14.0 Å². The van der Waals surface area contributed by atoms with Crippen molar-refractivity contribution in [3.63, 3.8) is 0 Å². The Morgan fingerprint density at radius 3 is 2.38 bits per heavy atom. The van der Waals surface area contributed by atoms with E-state index in [0.29, 0.717) is 0 Å². The number of nitrogens with zero attached hydrogens (tertiary/aromatic N) is 4. The van der Waals surface area contributed by atoms with E-state index in [0.717, 1.165) is 17.2 Å².